The van der Waals surface area contributed by atoms with Crippen LogP contribution in [0.2, 0.25) is 0 Å². The largest absolute Gasteiger partial charge is 0.393 e. The summed E-state index contributed by atoms with van der Waals surface area (Å²) in [5.41, 5.74) is 1.71. The summed E-state index contributed by atoms with van der Waals surface area (Å²) in [5.74, 6) is 1.01. The molecule has 5 rings (SSSR count). The van der Waals surface area contributed by atoms with Crippen LogP contribution in [0.25, 0.3) is 11.1 Å². The normalized spacial score (nSPS) is 29.6. The van der Waals surface area contributed by atoms with Crippen LogP contribution in [0.4, 0.5) is 5.95 Å². The third-order valence-corrected chi connectivity index (χ3v) is 7.16. The van der Waals surface area contributed by atoms with Crippen LogP contribution in [0, 0.1) is 5.41 Å². The van der Waals surface area contributed by atoms with E-state index in [1.54, 1.807) is 12.4 Å². The van der Waals surface area contributed by atoms with Gasteiger partial charge in [0.05, 0.1) is 11.5 Å². The van der Waals surface area contributed by atoms with E-state index in [2.05, 4.69) is 24.8 Å². The zero-order valence-electron chi connectivity index (χ0n) is 17.3. The fraction of sp³-hybridized carbons (Fsp3) is 0.565. The van der Waals surface area contributed by atoms with Crippen LogP contribution in [-0.2, 0) is 4.79 Å². The molecule has 7 heteroatoms. The maximum Gasteiger partial charge on any atom is 0.230 e. The molecular weight excluding hydrogens is 378 g/mol. The summed E-state index contributed by atoms with van der Waals surface area (Å²) < 4.78 is 0. The second-order valence-electron chi connectivity index (χ2n) is 9.02. The number of aromatic nitrogens is 3. The Morgan fingerprint density at radius 3 is 2.43 bits per heavy atom. The lowest BCUT2D eigenvalue weighted by atomic mass is 9.78. The Balaban J connectivity index is 1.29. The molecule has 1 amide bonds. The number of amides is 1. The molecule has 1 saturated carbocycles. The highest BCUT2D eigenvalue weighted by Gasteiger charge is 2.50. The molecule has 2 aromatic heterocycles. The molecule has 0 bridgehead atoms. The van der Waals surface area contributed by atoms with Gasteiger partial charge in [0, 0.05) is 56.0 Å². The van der Waals surface area contributed by atoms with Crippen molar-refractivity contribution in [2.75, 3.05) is 24.5 Å². The number of pyridine rings is 1. The molecule has 3 aliphatic rings. The van der Waals surface area contributed by atoms with E-state index in [9.17, 15) is 9.90 Å². The van der Waals surface area contributed by atoms with Crippen LogP contribution < -0.4 is 4.90 Å². The number of piperidine rings is 1. The summed E-state index contributed by atoms with van der Waals surface area (Å²) >= 11 is 0. The lowest BCUT2D eigenvalue weighted by molar-refractivity contribution is -0.139. The molecule has 3 fully saturated rings. The highest BCUT2D eigenvalue weighted by atomic mass is 16.3. The topological polar surface area (TPSA) is 82.5 Å². The van der Waals surface area contributed by atoms with Crippen molar-refractivity contribution in [3.05, 3.63) is 36.9 Å². The Hall–Kier alpha value is -2.54. The number of hydrogen-bond acceptors (Lipinski definition) is 6. The summed E-state index contributed by atoms with van der Waals surface area (Å²) in [6.07, 6.45) is 13.4. The average molecular weight is 408 g/mol. The van der Waals surface area contributed by atoms with Gasteiger partial charge >= 0.3 is 0 Å². The van der Waals surface area contributed by atoms with Crippen molar-refractivity contribution in [2.45, 2.75) is 57.1 Å². The van der Waals surface area contributed by atoms with Crippen LogP contribution in [0.3, 0.4) is 0 Å². The predicted molar refractivity (Wildman–Crippen MR) is 114 cm³/mol. The fourth-order valence-electron chi connectivity index (χ4n) is 5.42. The van der Waals surface area contributed by atoms with Crippen LogP contribution in [-0.4, -0.2) is 62.6 Å². The first-order chi connectivity index (χ1) is 14.6. The molecule has 7 nitrogen and oxygen atoms in total. The van der Waals surface area contributed by atoms with Crippen LogP contribution in [0.5, 0.6) is 0 Å². The van der Waals surface area contributed by atoms with Gasteiger partial charge in [0.1, 0.15) is 0 Å². The van der Waals surface area contributed by atoms with Gasteiger partial charge in [-0.25, -0.2) is 9.97 Å². The summed E-state index contributed by atoms with van der Waals surface area (Å²) in [6, 6.07) is 4.20. The maximum absolute atomic E-state index is 13.5. The molecule has 1 atom stereocenters. The molecule has 0 aromatic carbocycles. The van der Waals surface area contributed by atoms with E-state index in [1.165, 1.54) is 0 Å². The van der Waals surface area contributed by atoms with Gasteiger partial charge in [-0.3, -0.25) is 9.78 Å². The first-order valence-electron chi connectivity index (χ1n) is 11.1. The first-order valence-corrected chi connectivity index (χ1v) is 11.1. The first kappa shape index (κ1) is 19.4. The van der Waals surface area contributed by atoms with Gasteiger partial charge in [-0.2, -0.15) is 0 Å². The van der Waals surface area contributed by atoms with E-state index in [-0.39, 0.29) is 11.5 Å². The molecule has 0 radical (unpaired) electrons. The molecule has 2 aromatic rings. The minimum Gasteiger partial charge on any atom is -0.393 e. The number of rotatable bonds is 3. The summed E-state index contributed by atoms with van der Waals surface area (Å²) in [6.45, 7) is 2.43. The van der Waals surface area contributed by atoms with Crippen molar-refractivity contribution in [3.63, 3.8) is 0 Å². The summed E-state index contributed by atoms with van der Waals surface area (Å²) in [5, 5.41) is 9.80. The number of likely N-dealkylation sites (tertiary alicyclic amines) is 1. The Kier molecular flexibility index (Phi) is 5.15. The molecule has 4 heterocycles. The maximum atomic E-state index is 13.5. The fourth-order valence-corrected chi connectivity index (χ4v) is 5.42. The number of aliphatic hydroxyl groups excluding tert-OH is 1. The van der Waals surface area contributed by atoms with Crippen molar-refractivity contribution in [2.24, 2.45) is 5.41 Å². The second-order valence-corrected chi connectivity index (χ2v) is 9.02. The summed E-state index contributed by atoms with van der Waals surface area (Å²) in [4.78, 5) is 31.1. The Labute approximate surface area is 177 Å². The molecule has 1 aliphatic carbocycles. The van der Waals surface area contributed by atoms with Gasteiger partial charge in [-0.1, -0.05) is 0 Å². The monoisotopic (exact) mass is 407 g/mol. The van der Waals surface area contributed by atoms with E-state index < -0.39 is 0 Å². The zero-order valence-corrected chi connectivity index (χ0v) is 17.3. The lowest BCUT2D eigenvalue weighted by Crippen LogP contribution is -2.50. The van der Waals surface area contributed by atoms with Crippen molar-refractivity contribution < 1.29 is 9.90 Å². The van der Waals surface area contributed by atoms with Crippen molar-refractivity contribution >= 4 is 11.9 Å². The van der Waals surface area contributed by atoms with Gasteiger partial charge in [0.25, 0.3) is 0 Å². The van der Waals surface area contributed by atoms with Gasteiger partial charge in [0.2, 0.25) is 11.9 Å². The molecule has 2 aliphatic heterocycles. The van der Waals surface area contributed by atoms with Crippen LogP contribution in [0.15, 0.2) is 36.9 Å². The van der Waals surface area contributed by atoms with E-state index in [0.717, 1.165) is 69.2 Å². The van der Waals surface area contributed by atoms with Crippen molar-refractivity contribution in [1.82, 2.24) is 19.9 Å². The number of hydrogen-bond donors (Lipinski definition) is 1. The highest BCUT2D eigenvalue weighted by Crippen LogP contribution is 2.43. The zero-order chi connectivity index (χ0) is 20.6. The highest BCUT2D eigenvalue weighted by molar-refractivity contribution is 5.86. The second kappa shape index (κ2) is 7.95. The van der Waals surface area contributed by atoms with Gasteiger partial charge in [-0.15, -0.1) is 0 Å². The number of carbonyl (C=O) groups is 1. The molecule has 2 saturated heterocycles. The van der Waals surface area contributed by atoms with Crippen LogP contribution >= 0.6 is 0 Å². The average Bonchev–Trinajstić information content (AvgIpc) is 3.10. The van der Waals surface area contributed by atoms with E-state index in [1.807, 2.05) is 24.5 Å². The third kappa shape index (κ3) is 3.55. The number of anilines is 1. The Morgan fingerprint density at radius 2 is 1.70 bits per heavy atom. The SMILES string of the molecule is O=C1N([C@H]2CC[C@@H](O)CC2)CC[C@]12CCCN(c1ncc(-c3ccncc3)cn1)C2. The minimum atomic E-state index is -0.304. The van der Waals surface area contributed by atoms with Crippen LogP contribution in [0.1, 0.15) is 44.9 Å². The molecule has 1 spiro atoms. The molecule has 0 unspecified atom stereocenters. The number of aliphatic hydroxyl groups is 1. The van der Waals surface area contributed by atoms with Gasteiger partial charge in [0.15, 0.2) is 0 Å². The van der Waals surface area contributed by atoms with E-state index >= 15 is 0 Å². The van der Waals surface area contributed by atoms with Gasteiger partial charge < -0.3 is 14.9 Å². The standard InChI is InChI=1S/C23H29N5O2/c29-20-4-2-19(3-5-20)28-13-9-23(21(28)30)8-1-12-27(16-23)22-25-14-18(15-26-22)17-6-10-24-11-7-17/h6-7,10-11,14-15,19-20,29H,1-5,8-9,12-13,16H2/t19-,20+,23-/m0/s1. The van der Waals surface area contributed by atoms with Gasteiger partial charge in [-0.05, 0) is 62.6 Å². The van der Waals surface area contributed by atoms with E-state index in [0.29, 0.717) is 24.4 Å². The number of carbonyl (C=O) groups excluding carboxylic acids is 1. The molecule has 30 heavy (non-hydrogen) atoms. The number of nitrogens with zero attached hydrogens (tertiary/aromatic N) is 5. The Bertz CT molecular complexity index is 882. The molecular formula is C23H29N5O2. The predicted octanol–water partition coefficient (Wildman–Crippen LogP) is 2.66. The van der Waals surface area contributed by atoms with E-state index in [4.69, 9.17) is 0 Å². The smallest absolute Gasteiger partial charge is 0.230 e. The van der Waals surface area contributed by atoms with Crippen molar-refractivity contribution in [1.29, 1.82) is 0 Å². The third-order valence-electron chi connectivity index (χ3n) is 7.16. The lowest BCUT2D eigenvalue weighted by Gasteiger charge is -2.40. The summed E-state index contributed by atoms with van der Waals surface area (Å²) in [7, 11) is 0. The Morgan fingerprint density at radius 1 is 0.967 bits per heavy atom. The molecule has 1 N–H and O–H groups in total. The quantitative estimate of drug-likeness (QED) is 0.842. The minimum absolute atomic E-state index is 0.189. The van der Waals surface area contributed by atoms with Crippen molar-refractivity contribution in [3.8, 4) is 11.1 Å². The molecule has 158 valence electrons.